The third kappa shape index (κ3) is 3.55. The highest BCUT2D eigenvalue weighted by Gasteiger charge is 2.07. The zero-order valence-corrected chi connectivity index (χ0v) is 9.73. The maximum Gasteiger partial charge on any atom is 0.317 e. The molecule has 0 fully saturated rings. The smallest absolute Gasteiger partial charge is 0.317 e. The Morgan fingerprint density at radius 1 is 1.44 bits per heavy atom. The van der Waals surface area contributed by atoms with E-state index in [1.807, 2.05) is 31.2 Å². The molecular weight excluding hydrogens is 204 g/mol. The Hall–Kier alpha value is -1.55. The van der Waals surface area contributed by atoms with E-state index in [1.165, 1.54) is 4.90 Å². The molecule has 0 aliphatic heterocycles. The largest absolute Gasteiger partial charge is 0.395 e. The maximum absolute atomic E-state index is 11.5. The van der Waals surface area contributed by atoms with Crippen molar-refractivity contribution >= 4 is 6.03 Å². The Morgan fingerprint density at radius 3 is 2.75 bits per heavy atom. The van der Waals surface area contributed by atoms with Crippen molar-refractivity contribution in [2.24, 2.45) is 0 Å². The number of aliphatic hydroxyl groups excluding tert-OH is 1. The molecule has 0 bridgehead atoms. The third-order valence-electron chi connectivity index (χ3n) is 2.47. The second-order valence-corrected chi connectivity index (χ2v) is 3.73. The highest BCUT2D eigenvalue weighted by molar-refractivity contribution is 5.73. The summed E-state index contributed by atoms with van der Waals surface area (Å²) in [4.78, 5) is 13.0. The van der Waals surface area contributed by atoms with Crippen LogP contribution in [0.5, 0.6) is 0 Å². The summed E-state index contributed by atoms with van der Waals surface area (Å²) in [5, 5.41) is 11.5. The van der Waals surface area contributed by atoms with E-state index in [-0.39, 0.29) is 12.6 Å². The number of aliphatic hydroxyl groups is 1. The lowest BCUT2D eigenvalue weighted by molar-refractivity contribution is 0.190. The summed E-state index contributed by atoms with van der Waals surface area (Å²) in [6.07, 6.45) is 0. The molecule has 4 heteroatoms. The molecule has 0 radical (unpaired) electrons. The van der Waals surface area contributed by atoms with Gasteiger partial charge in [-0.25, -0.2) is 4.79 Å². The molecule has 0 aromatic heterocycles. The number of aryl methyl sites for hydroxylation is 1. The lowest BCUT2D eigenvalue weighted by Gasteiger charge is -2.17. The fraction of sp³-hybridized carbons (Fsp3) is 0.417. The third-order valence-corrected chi connectivity index (χ3v) is 2.47. The van der Waals surface area contributed by atoms with Crippen LogP contribution in [0.1, 0.15) is 11.1 Å². The Labute approximate surface area is 95.9 Å². The molecule has 0 spiro atoms. The minimum Gasteiger partial charge on any atom is -0.395 e. The van der Waals surface area contributed by atoms with E-state index in [4.69, 9.17) is 5.11 Å². The zero-order chi connectivity index (χ0) is 12.0. The van der Waals surface area contributed by atoms with Crippen molar-refractivity contribution in [1.29, 1.82) is 0 Å². The molecule has 0 saturated carbocycles. The fourth-order valence-corrected chi connectivity index (χ4v) is 1.37. The van der Waals surface area contributed by atoms with Gasteiger partial charge in [-0.3, -0.25) is 0 Å². The molecule has 16 heavy (non-hydrogen) atoms. The molecule has 0 aliphatic rings. The van der Waals surface area contributed by atoms with Gasteiger partial charge in [0.25, 0.3) is 0 Å². The second kappa shape index (κ2) is 6.12. The summed E-state index contributed by atoms with van der Waals surface area (Å²) in [5.41, 5.74) is 2.26. The molecule has 88 valence electrons. The van der Waals surface area contributed by atoms with E-state index in [1.54, 1.807) is 7.05 Å². The van der Waals surface area contributed by atoms with Crippen molar-refractivity contribution in [1.82, 2.24) is 10.2 Å². The van der Waals surface area contributed by atoms with Crippen molar-refractivity contribution in [2.75, 3.05) is 20.2 Å². The van der Waals surface area contributed by atoms with E-state index in [2.05, 4.69) is 5.32 Å². The molecular formula is C12H18N2O2. The van der Waals surface area contributed by atoms with Crippen LogP contribution in [0, 0.1) is 6.92 Å². The number of carbonyl (C=O) groups is 1. The van der Waals surface area contributed by atoms with Crippen molar-refractivity contribution in [2.45, 2.75) is 13.5 Å². The summed E-state index contributed by atoms with van der Waals surface area (Å²) < 4.78 is 0. The number of hydrogen-bond donors (Lipinski definition) is 2. The lowest BCUT2D eigenvalue weighted by atomic mass is 10.1. The van der Waals surface area contributed by atoms with Gasteiger partial charge in [0.15, 0.2) is 0 Å². The quantitative estimate of drug-likeness (QED) is 0.802. The van der Waals surface area contributed by atoms with Crippen LogP contribution in [0.15, 0.2) is 24.3 Å². The number of urea groups is 1. The Kier molecular flexibility index (Phi) is 4.79. The number of amides is 2. The summed E-state index contributed by atoms with van der Waals surface area (Å²) in [5.74, 6) is 0. The van der Waals surface area contributed by atoms with Gasteiger partial charge in [0.05, 0.1) is 6.61 Å². The maximum atomic E-state index is 11.5. The highest BCUT2D eigenvalue weighted by atomic mass is 16.3. The standard InChI is InChI=1S/C12H18N2O2/c1-10-5-3-4-6-11(10)9-13-12(16)14(2)7-8-15/h3-6,15H,7-9H2,1-2H3,(H,13,16). The van der Waals surface area contributed by atoms with Gasteiger partial charge in [-0.2, -0.15) is 0 Å². The van der Waals surface area contributed by atoms with Crippen molar-refractivity contribution < 1.29 is 9.90 Å². The van der Waals surface area contributed by atoms with Gasteiger partial charge in [-0.1, -0.05) is 24.3 Å². The van der Waals surface area contributed by atoms with Gasteiger partial charge in [0, 0.05) is 20.1 Å². The Bertz CT molecular complexity index is 353. The normalized spacial score (nSPS) is 9.94. The van der Waals surface area contributed by atoms with E-state index >= 15 is 0 Å². The van der Waals surface area contributed by atoms with Crippen LogP contribution < -0.4 is 5.32 Å². The monoisotopic (exact) mass is 222 g/mol. The molecule has 1 rings (SSSR count). The van der Waals surface area contributed by atoms with E-state index in [0.717, 1.165) is 11.1 Å². The average Bonchev–Trinajstić information content (AvgIpc) is 2.28. The van der Waals surface area contributed by atoms with Gasteiger partial charge >= 0.3 is 6.03 Å². The van der Waals surface area contributed by atoms with Crippen LogP contribution in [0.3, 0.4) is 0 Å². The summed E-state index contributed by atoms with van der Waals surface area (Å²) >= 11 is 0. The van der Waals surface area contributed by atoms with Gasteiger partial charge in [-0.15, -0.1) is 0 Å². The summed E-state index contributed by atoms with van der Waals surface area (Å²) in [7, 11) is 1.66. The van der Waals surface area contributed by atoms with Crippen LogP contribution >= 0.6 is 0 Å². The summed E-state index contributed by atoms with van der Waals surface area (Å²) in [6, 6.07) is 7.75. The van der Waals surface area contributed by atoms with Crippen LogP contribution in [-0.4, -0.2) is 36.2 Å². The van der Waals surface area contributed by atoms with Crippen molar-refractivity contribution in [3.8, 4) is 0 Å². The first-order valence-corrected chi connectivity index (χ1v) is 5.29. The molecule has 1 aromatic carbocycles. The van der Waals surface area contributed by atoms with Gasteiger partial charge in [0.1, 0.15) is 0 Å². The van der Waals surface area contributed by atoms with Crippen LogP contribution in [0.4, 0.5) is 4.79 Å². The first-order valence-electron chi connectivity index (χ1n) is 5.29. The molecule has 2 N–H and O–H groups in total. The van der Waals surface area contributed by atoms with E-state index in [9.17, 15) is 4.79 Å². The topological polar surface area (TPSA) is 52.6 Å². The lowest BCUT2D eigenvalue weighted by Crippen LogP contribution is -2.38. The SMILES string of the molecule is Cc1ccccc1CNC(=O)N(C)CCO. The van der Waals surface area contributed by atoms with Crippen LogP contribution in [0.2, 0.25) is 0 Å². The number of hydrogen-bond acceptors (Lipinski definition) is 2. The average molecular weight is 222 g/mol. The number of nitrogens with zero attached hydrogens (tertiary/aromatic N) is 1. The Morgan fingerprint density at radius 2 is 2.12 bits per heavy atom. The fourth-order valence-electron chi connectivity index (χ4n) is 1.37. The van der Waals surface area contributed by atoms with Crippen molar-refractivity contribution in [3.05, 3.63) is 35.4 Å². The first-order chi connectivity index (χ1) is 7.65. The molecule has 1 aromatic rings. The molecule has 0 saturated heterocycles. The first kappa shape index (κ1) is 12.5. The van der Waals surface area contributed by atoms with Crippen LogP contribution in [-0.2, 0) is 6.54 Å². The second-order valence-electron chi connectivity index (χ2n) is 3.73. The molecule has 0 aliphatic carbocycles. The number of rotatable bonds is 4. The van der Waals surface area contributed by atoms with Gasteiger partial charge in [-0.05, 0) is 18.1 Å². The van der Waals surface area contributed by atoms with Gasteiger partial charge < -0.3 is 15.3 Å². The predicted octanol–water partition coefficient (Wildman–Crippen LogP) is 1.13. The van der Waals surface area contributed by atoms with E-state index < -0.39 is 0 Å². The molecule has 0 atom stereocenters. The highest BCUT2D eigenvalue weighted by Crippen LogP contribution is 2.06. The Balaban J connectivity index is 2.46. The van der Waals surface area contributed by atoms with E-state index in [0.29, 0.717) is 13.1 Å². The number of likely N-dealkylation sites (N-methyl/N-ethyl adjacent to an activating group) is 1. The minimum absolute atomic E-state index is 0.0196. The van der Waals surface area contributed by atoms with Crippen molar-refractivity contribution in [3.63, 3.8) is 0 Å². The number of benzene rings is 1. The molecule has 0 heterocycles. The van der Waals surface area contributed by atoms with Crippen LogP contribution in [0.25, 0.3) is 0 Å². The zero-order valence-electron chi connectivity index (χ0n) is 9.73. The molecule has 2 amide bonds. The van der Waals surface area contributed by atoms with Gasteiger partial charge in [0.2, 0.25) is 0 Å². The number of carbonyl (C=O) groups excluding carboxylic acids is 1. The number of nitrogens with one attached hydrogen (secondary N) is 1. The predicted molar refractivity (Wildman–Crippen MR) is 63.1 cm³/mol. The summed E-state index contributed by atoms with van der Waals surface area (Å²) in [6.45, 7) is 2.86. The molecule has 4 nitrogen and oxygen atoms in total. The minimum atomic E-state index is -0.169. The molecule has 0 unspecified atom stereocenters.